The summed E-state index contributed by atoms with van der Waals surface area (Å²) in [5.41, 5.74) is 0. The van der Waals surface area contributed by atoms with Crippen molar-refractivity contribution in [3.05, 3.63) is 0 Å². The molecule has 0 unspecified atom stereocenters. The number of hydrogen-bond acceptors (Lipinski definition) is 12. The fraction of sp³-hybridized carbons (Fsp3) is 0.714. The van der Waals surface area contributed by atoms with Crippen molar-refractivity contribution in [3.8, 4) is 0 Å². The third-order valence-corrected chi connectivity index (χ3v) is 0.167. The van der Waals surface area contributed by atoms with Crippen molar-refractivity contribution in [2.24, 2.45) is 0 Å². The Bertz CT molecular complexity index is 126. The molecule has 23 heavy (non-hydrogen) atoms. The number of rotatable bonds is 0. The third kappa shape index (κ3) is 982. The summed E-state index contributed by atoms with van der Waals surface area (Å²) in [5.74, 6) is 0. The summed E-state index contributed by atoms with van der Waals surface area (Å²) in [5, 5.41) is 32.5. The summed E-state index contributed by atoms with van der Waals surface area (Å²) in [6.45, 7) is 0. The van der Waals surface area contributed by atoms with Crippen LogP contribution in [0.5, 0.6) is 0 Å². The number of carbonyl (C=O) groups excluding carboxylic acids is 3. The van der Waals surface area contributed by atoms with E-state index in [-0.39, 0.29) is 99.2 Å². The molecule has 0 aromatic carbocycles. The fourth-order valence-electron chi connectivity index (χ4n) is 0. The molecule has 0 spiro atoms. The minimum absolute atomic E-state index is 0. The topological polar surface area (TPSA) is 257 Å². The number of aliphatic hydroxyl groups is 1. The molecule has 0 saturated carbocycles. The van der Waals surface area contributed by atoms with E-state index in [1.54, 1.807) is 0 Å². The molecular formula is C7H20Mg4O12. The van der Waals surface area contributed by atoms with Gasteiger partial charge in [0.25, 0.3) is 6.16 Å². The van der Waals surface area contributed by atoms with Gasteiger partial charge < -0.3 is 46.4 Å². The first-order valence-corrected chi connectivity index (χ1v) is 3.56. The van der Waals surface area contributed by atoms with Crippen LogP contribution in [-0.4, -0.2) is 153 Å². The summed E-state index contributed by atoms with van der Waals surface area (Å²) in [6.07, 6.45) is -1.25. The number of hydrogen-bond donors (Lipinski definition) is 1. The van der Waals surface area contributed by atoms with E-state index in [9.17, 15) is 0 Å². The average Bonchev–Trinajstić information content (AvgIpc) is 2.40. The van der Waals surface area contributed by atoms with E-state index in [0.29, 0.717) is 21.7 Å². The van der Waals surface area contributed by atoms with Gasteiger partial charge in [-0.25, -0.2) is 0 Å². The van der Waals surface area contributed by atoms with Crippen molar-refractivity contribution in [2.75, 3.05) is 28.4 Å². The SMILES string of the molecule is C.CO.COC(=O)[O-].C[O-].C[O-].O=C=O.[Mg+2].[Mg+2].[Mg+2].[OH-].[OH-].[OH-].[O]=[Mg]. The van der Waals surface area contributed by atoms with Crippen LogP contribution in [0.25, 0.3) is 0 Å². The Labute approximate surface area is 196 Å². The van der Waals surface area contributed by atoms with Gasteiger partial charge in [-0.3, -0.25) is 0 Å². The van der Waals surface area contributed by atoms with Gasteiger partial charge in [-0.05, 0) is 0 Å². The molecule has 0 saturated heterocycles. The minimum atomic E-state index is -1.50. The molecule has 0 bridgehead atoms. The standard InChI is InChI=1S/C2H4O3.CO2.CH4O.2CH3O.CH4.4Mg.3H2O.O/c1-5-2(3)4;2-1-3;3*1-2;;;;;;;;;/h1H3,(H,3,4);;2H,1H3;2*1H3;1H4;;;;;3*1H2;/q;;;2*-1;;;3*+2;;;;/p-4. The van der Waals surface area contributed by atoms with E-state index in [1.165, 1.54) is 0 Å². The predicted molar refractivity (Wildman–Crippen MR) is 73.6 cm³/mol. The molecule has 0 rings (SSSR count). The van der Waals surface area contributed by atoms with Gasteiger partial charge in [0, 0.05) is 14.2 Å². The first-order valence-electron chi connectivity index (χ1n) is 2.98. The van der Waals surface area contributed by atoms with Crippen molar-refractivity contribution >= 4 is 103 Å². The molecule has 0 aromatic rings. The van der Waals surface area contributed by atoms with E-state index in [4.69, 9.17) is 38.0 Å². The molecule has 0 fully saturated rings. The van der Waals surface area contributed by atoms with Gasteiger partial charge in [0.2, 0.25) is 0 Å². The van der Waals surface area contributed by atoms with Crippen LogP contribution < -0.4 is 15.3 Å². The predicted octanol–water partition coefficient (Wildman–Crippen LogP) is -5.58. The van der Waals surface area contributed by atoms with Gasteiger partial charge in [0.1, 0.15) is 0 Å². The summed E-state index contributed by atoms with van der Waals surface area (Å²) in [4.78, 5) is 25.3. The zero-order chi connectivity index (χ0) is 15.0. The van der Waals surface area contributed by atoms with Crippen LogP contribution >= 0.6 is 0 Å². The van der Waals surface area contributed by atoms with E-state index in [1.807, 2.05) is 0 Å². The normalized spacial score (nSPS) is 2.83. The zero-order valence-electron chi connectivity index (χ0n) is 12.9. The molecule has 12 nitrogen and oxygen atoms in total. The van der Waals surface area contributed by atoms with E-state index in [0.717, 1.165) is 28.4 Å². The fourth-order valence-corrected chi connectivity index (χ4v) is 0. The Kier molecular flexibility index (Phi) is 1320. The number of carboxylic acid groups (broad SMARTS) is 1. The van der Waals surface area contributed by atoms with Crippen LogP contribution in [-0.2, 0) is 17.5 Å². The van der Waals surface area contributed by atoms with Crippen LogP contribution in [0, 0.1) is 0 Å². The second kappa shape index (κ2) is 293. The molecule has 0 aliphatic rings. The summed E-state index contributed by atoms with van der Waals surface area (Å²) < 4.78 is 11.8. The number of aliphatic hydroxyl groups excluding tert-OH is 1. The first kappa shape index (κ1) is 103. The van der Waals surface area contributed by atoms with Gasteiger partial charge in [-0.2, -0.15) is 23.8 Å². The van der Waals surface area contributed by atoms with E-state index >= 15 is 0 Å². The average molecular weight is 393 g/mol. The van der Waals surface area contributed by atoms with Gasteiger partial charge >= 0.3 is 100 Å². The van der Waals surface area contributed by atoms with Crippen molar-refractivity contribution in [3.63, 3.8) is 0 Å². The van der Waals surface area contributed by atoms with Crippen molar-refractivity contribution in [1.29, 1.82) is 0 Å². The van der Waals surface area contributed by atoms with Crippen molar-refractivity contribution in [2.45, 2.75) is 7.43 Å². The maximum absolute atomic E-state index is 9.03. The quantitative estimate of drug-likeness (QED) is 0.298. The molecule has 0 aliphatic heterocycles. The van der Waals surface area contributed by atoms with Crippen LogP contribution in [0.15, 0.2) is 0 Å². The van der Waals surface area contributed by atoms with Crippen LogP contribution in [0.1, 0.15) is 7.43 Å². The molecule has 128 valence electrons. The molecule has 0 radical (unpaired) electrons. The number of methoxy groups -OCH3 is 1. The molecule has 0 heterocycles. The van der Waals surface area contributed by atoms with Crippen LogP contribution in [0.3, 0.4) is 0 Å². The molecular weight excluding hydrogens is 373 g/mol. The second-order valence-corrected chi connectivity index (χ2v) is 0.537. The Hall–Kier alpha value is 1.27. The number of ether oxygens (including phenoxy) is 1. The van der Waals surface area contributed by atoms with E-state index < -0.39 is 6.16 Å². The molecule has 0 aromatic heterocycles. The van der Waals surface area contributed by atoms with Crippen molar-refractivity contribution < 1.29 is 59.1 Å². The van der Waals surface area contributed by atoms with Gasteiger partial charge in [-0.1, -0.05) is 7.43 Å². The molecule has 4 N–H and O–H groups in total. The zero-order valence-corrected chi connectivity index (χ0v) is 18.5. The maximum atomic E-state index is 9.03. The van der Waals surface area contributed by atoms with Gasteiger partial charge in [0.05, 0.1) is 0 Å². The van der Waals surface area contributed by atoms with Crippen LogP contribution in [0.4, 0.5) is 4.79 Å². The summed E-state index contributed by atoms with van der Waals surface area (Å²) in [7, 11) is 3.54. The molecule has 0 atom stereocenters. The van der Waals surface area contributed by atoms with Crippen molar-refractivity contribution in [1.82, 2.24) is 0 Å². The Balaban J connectivity index is -0.00000000466. The Morgan fingerprint density at radius 2 is 0.957 bits per heavy atom. The Morgan fingerprint density at radius 1 is 0.913 bits per heavy atom. The molecule has 16 heteroatoms. The van der Waals surface area contributed by atoms with Gasteiger partial charge in [0.15, 0.2) is 0 Å². The monoisotopic (exact) mass is 392 g/mol. The summed E-state index contributed by atoms with van der Waals surface area (Å²) >= 11 is 0.611. The van der Waals surface area contributed by atoms with Crippen LogP contribution in [0.2, 0.25) is 0 Å². The molecule has 0 aliphatic carbocycles. The first-order chi connectivity index (χ1) is 7.68. The van der Waals surface area contributed by atoms with E-state index in [2.05, 4.69) is 4.74 Å². The third-order valence-electron chi connectivity index (χ3n) is 0.167. The second-order valence-electron chi connectivity index (χ2n) is 0.537. The molecule has 0 amide bonds. The number of carbonyl (C=O) groups is 1. The summed E-state index contributed by atoms with van der Waals surface area (Å²) in [6, 6.07) is 0. The Morgan fingerprint density at radius 3 is 0.957 bits per heavy atom. The van der Waals surface area contributed by atoms with Gasteiger partial charge in [-0.15, -0.1) is 0 Å².